The van der Waals surface area contributed by atoms with Gasteiger partial charge >= 0.3 is 5.97 Å². The number of carbonyl (C=O) groups is 2. The fourth-order valence-corrected chi connectivity index (χ4v) is 1.77. The van der Waals surface area contributed by atoms with Gasteiger partial charge in [-0.05, 0) is 24.1 Å². The van der Waals surface area contributed by atoms with Crippen molar-refractivity contribution in [1.82, 2.24) is 9.78 Å². The summed E-state index contributed by atoms with van der Waals surface area (Å²) in [7, 11) is 0. The van der Waals surface area contributed by atoms with E-state index in [2.05, 4.69) is 5.10 Å². The van der Waals surface area contributed by atoms with Crippen LogP contribution >= 0.6 is 0 Å². The smallest absolute Gasteiger partial charge is 0.310 e. The second-order valence-electron chi connectivity index (χ2n) is 4.36. The van der Waals surface area contributed by atoms with E-state index in [-0.39, 0.29) is 0 Å². The van der Waals surface area contributed by atoms with Crippen molar-refractivity contribution in [3.8, 4) is 0 Å². The Morgan fingerprint density at radius 2 is 2.05 bits per heavy atom. The van der Waals surface area contributed by atoms with Crippen LogP contribution in [0.3, 0.4) is 0 Å². The number of carboxylic acids is 1. The summed E-state index contributed by atoms with van der Waals surface area (Å²) in [4.78, 5) is 21.4. The SMILES string of the molecule is CC(C(=O)O)c1ccc(Cn2ccc(C=O)n2)cc1. The molecule has 1 N–H and O–H groups in total. The highest BCUT2D eigenvalue weighted by Crippen LogP contribution is 2.16. The van der Waals surface area contributed by atoms with Crippen LogP contribution in [-0.4, -0.2) is 27.1 Å². The summed E-state index contributed by atoms with van der Waals surface area (Å²) < 4.78 is 1.67. The summed E-state index contributed by atoms with van der Waals surface area (Å²) in [5.41, 5.74) is 2.17. The van der Waals surface area contributed by atoms with Gasteiger partial charge in [-0.1, -0.05) is 24.3 Å². The molecule has 0 amide bonds. The van der Waals surface area contributed by atoms with Gasteiger partial charge in [-0.3, -0.25) is 14.3 Å². The highest BCUT2D eigenvalue weighted by Gasteiger charge is 2.12. The average molecular weight is 258 g/mol. The number of carbonyl (C=O) groups excluding carboxylic acids is 1. The molecule has 2 rings (SSSR count). The number of aliphatic carboxylic acids is 1. The van der Waals surface area contributed by atoms with E-state index in [1.807, 2.05) is 12.1 Å². The summed E-state index contributed by atoms with van der Waals surface area (Å²) in [5, 5.41) is 13.0. The van der Waals surface area contributed by atoms with Gasteiger partial charge in [0.1, 0.15) is 5.69 Å². The van der Waals surface area contributed by atoms with Crippen molar-refractivity contribution in [2.24, 2.45) is 0 Å². The Balaban J connectivity index is 2.10. The first-order chi connectivity index (χ1) is 9.10. The molecular formula is C14H14N2O3. The highest BCUT2D eigenvalue weighted by molar-refractivity contribution is 5.75. The fraction of sp³-hybridized carbons (Fsp3) is 0.214. The molecule has 0 aliphatic heterocycles. The molecule has 0 saturated carbocycles. The number of carboxylic acid groups (broad SMARTS) is 1. The molecule has 5 heteroatoms. The van der Waals surface area contributed by atoms with E-state index in [0.29, 0.717) is 18.5 Å². The van der Waals surface area contributed by atoms with Gasteiger partial charge < -0.3 is 5.11 Å². The standard InChI is InChI=1S/C14H14N2O3/c1-10(14(18)19)12-4-2-11(3-5-12)8-16-7-6-13(9-17)15-16/h2-7,9-10H,8H2,1H3,(H,18,19). The first kappa shape index (κ1) is 13.0. The van der Waals surface area contributed by atoms with Crippen molar-refractivity contribution in [2.75, 3.05) is 0 Å². The Bertz CT molecular complexity index is 587. The molecule has 0 spiro atoms. The lowest BCUT2D eigenvalue weighted by Crippen LogP contribution is -2.07. The van der Waals surface area contributed by atoms with Crippen LogP contribution in [0.5, 0.6) is 0 Å². The van der Waals surface area contributed by atoms with Crippen LogP contribution in [0.15, 0.2) is 36.5 Å². The molecule has 0 aliphatic rings. The molecule has 0 saturated heterocycles. The van der Waals surface area contributed by atoms with E-state index in [1.54, 1.807) is 36.0 Å². The Hall–Kier alpha value is -2.43. The van der Waals surface area contributed by atoms with Crippen LogP contribution in [0.25, 0.3) is 0 Å². The maximum absolute atomic E-state index is 10.9. The zero-order valence-corrected chi connectivity index (χ0v) is 10.5. The van der Waals surface area contributed by atoms with Crippen molar-refractivity contribution in [3.05, 3.63) is 53.3 Å². The van der Waals surface area contributed by atoms with Crippen LogP contribution in [-0.2, 0) is 11.3 Å². The predicted molar refractivity (Wildman–Crippen MR) is 69.2 cm³/mol. The minimum absolute atomic E-state index is 0.399. The topological polar surface area (TPSA) is 72.2 Å². The molecule has 0 bridgehead atoms. The number of hydrogen-bond acceptors (Lipinski definition) is 3. The Kier molecular flexibility index (Phi) is 3.75. The van der Waals surface area contributed by atoms with E-state index in [4.69, 9.17) is 5.11 Å². The molecule has 5 nitrogen and oxygen atoms in total. The van der Waals surface area contributed by atoms with Crippen LogP contribution in [0.4, 0.5) is 0 Å². The predicted octanol–water partition coefficient (Wildman–Crippen LogP) is 1.93. The number of nitrogens with zero attached hydrogens (tertiary/aromatic N) is 2. The Morgan fingerprint density at radius 1 is 1.37 bits per heavy atom. The molecule has 1 aromatic heterocycles. The highest BCUT2D eigenvalue weighted by atomic mass is 16.4. The minimum Gasteiger partial charge on any atom is -0.481 e. The molecule has 0 fully saturated rings. The number of aromatic nitrogens is 2. The third-order valence-electron chi connectivity index (χ3n) is 2.98. The van der Waals surface area contributed by atoms with Gasteiger partial charge in [-0.2, -0.15) is 5.10 Å². The third kappa shape index (κ3) is 3.07. The number of rotatable bonds is 5. The van der Waals surface area contributed by atoms with Crippen molar-refractivity contribution in [1.29, 1.82) is 0 Å². The van der Waals surface area contributed by atoms with Gasteiger partial charge in [0.2, 0.25) is 0 Å². The molecule has 0 radical (unpaired) electrons. The second-order valence-corrected chi connectivity index (χ2v) is 4.36. The largest absolute Gasteiger partial charge is 0.481 e. The lowest BCUT2D eigenvalue weighted by atomic mass is 10.0. The first-order valence-electron chi connectivity index (χ1n) is 5.90. The fourth-order valence-electron chi connectivity index (χ4n) is 1.77. The van der Waals surface area contributed by atoms with E-state index in [1.165, 1.54) is 0 Å². The third-order valence-corrected chi connectivity index (χ3v) is 2.98. The summed E-state index contributed by atoms with van der Waals surface area (Å²) in [5.74, 6) is -1.35. The normalized spacial score (nSPS) is 12.1. The van der Waals surface area contributed by atoms with Crippen molar-refractivity contribution in [3.63, 3.8) is 0 Å². The Morgan fingerprint density at radius 3 is 2.58 bits per heavy atom. The Labute approximate surface area is 110 Å². The van der Waals surface area contributed by atoms with Crippen LogP contribution in [0.2, 0.25) is 0 Å². The average Bonchev–Trinajstić information content (AvgIpc) is 2.86. The van der Waals surface area contributed by atoms with E-state index in [0.717, 1.165) is 11.1 Å². The molecule has 2 aromatic rings. The summed E-state index contributed by atoms with van der Waals surface area (Å²) >= 11 is 0. The van der Waals surface area contributed by atoms with Gasteiger partial charge in [0.05, 0.1) is 12.5 Å². The van der Waals surface area contributed by atoms with Crippen LogP contribution in [0, 0.1) is 0 Å². The lowest BCUT2D eigenvalue weighted by Gasteiger charge is -2.08. The zero-order chi connectivity index (χ0) is 13.8. The quantitative estimate of drug-likeness (QED) is 0.832. The van der Waals surface area contributed by atoms with Crippen LogP contribution < -0.4 is 0 Å². The number of aldehydes is 1. The van der Waals surface area contributed by atoms with E-state index in [9.17, 15) is 9.59 Å². The van der Waals surface area contributed by atoms with Crippen molar-refractivity contribution in [2.45, 2.75) is 19.4 Å². The molecule has 98 valence electrons. The first-order valence-corrected chi connectivity index (χ1v) is 5.90. The summed E-state index contributed by atoms with van der Waals surface area (Å²) in [6.07, 6.45) is 2.44. The minimum atomic E-state index is -0.838. The molecule has 1 heterocycles. The summed E-state index contributed by atoms with van der Waals surface area (Å²) in [6, 6.07) is 9.00. The van der Waals surface area contributed by atoms with Crippen molar-refractivity contribution >= 4 is 12.3 Å². The monoisotopic (exact) mass is 258 g/mol. The maximum atomic E-state index is 10.9. The molecule has 1 unspecified atom stereocenters. The molecule has 0 aliphatic carbocycles. The molecule has 1 aromatic carbocycles. The van der Waals surface area contributed by atoms with Gasteiger partial charge in [0.15, 0.2) is 6.29 Å². The van der Waals surface area contributed by atoms with Gasteiger partial charge in [-0.15, -0.1) is 0 Å². The van der Waals surface area contributed by atoms with Crippen LogP contribution in [0.1, 0.15) is 34.5 Å². The molecule has 19 heavy (non-hydrogen) atoms. The second kappa shape index (κ2) is 5.48. The van der Waals surface area contributed by atoms with Gasteiger partial charge in [0.25, 0.3) is 0 Å². The van der Waals surface area contributed by atoms with Gasteiger partial charge in [0, 0.05) is 6.20 Å². The molecule has 1 atom stereocenters. The summed E-state index contributed by atoms with van der Waals surface area (Å²) in [6.45, 7) is 2.21. The van der Waals surface area contributed by atoms with E-state index < -0.39 is 11.9 Å². The van der Waals surface area contributed by atoms with Gasteiger partial charge in [-0.25, -0.2) is 0 Å². The molecular weight excluding hydrogens is 244 g/mol. The van der Waals surface area contributed by atoms with E-state index >= 15 is 0 Å². The lowest BCUT2D eigenvalue weighted by molar-refractivity contribution is -0.138. The number of benzene rings is 1. The zero-order valence-electron chi connectivity index (χ0n) is 10.5. The maximum Gasteiger partial charge on any atom is 0.310 e. The van der Waals surface area contributed by atoms with Crippen molar-refractivity contribution < 1.29 is 14.7 Å². The number of hydrogen-bond donors (Lipinski definition) is 1.